The summed E-state index contributed by atoms with van der Waals surface area (Å²) in [5.41, 5.74) is 7.22. The van der Waals surface area contributed by atoms with Gasteiger partial charge in [0, 0.05) is 11.1 Å². The third kappa shape index (κ3) is 2.31. The van der Waals surface area contributed by atoms with E-state index in [0.29, 0.717) is 11.1 Å². The summed E-state index contributed by atoms with van der Waals surface area (Å²) in [5.74, 6) is 0.543. The zero-order valence-electron chi connectivity index (χ0n) is 13.6. The van der Waals surface area contributed by atoms with Gasteiger partial charge in [-0.05, 0) is 73.2 Å². The van der Waals surface area contributed by atoms with Gasteiger partial charge in [0.05, 0.1) is 0 Å². The van der Waals surface area contributed by atoms with Gasteiger partial charge in [-0.3, -0.25) is 0 Å². The maximum absolute atomic E-state index is 10.2. The molecule has 0 atom stereocenters. The number of hydrogen-bond donors (Lipinski definition) is 2. The lowest BCUT2D eigenvalue weighted by molar-refractivity contribution is 0.468. The van der Waals surface area contributed by atoms with Gasteiger partial charge in [-0.2, -0.15) is 0 Å². The first-order valence-corrected chi connectivity index (χ1v) is 7.25. The van der Waals surface area contributed by atoms with E-state index in [1.54, 1.807) is 12.2 Å². The Morgan fingerprint density at radius 1 is 0.682 bits per heavy atom. The molecule has 2 heteroatoms. The summed E-state index contributed by atoms with van der Waals surface area (Å²) in [7, 11) is 0. The third-order valence-corrected chi connectivity index (χ3v) is 4.52. The average Bonchev–Trinajstić information content (AvgIpc) is 2.52. The molecule has 114 valence electrons. The Hall–Kier alpha value is -2.48. The molecule has 0 aliphatic carbocycles. The van der Waals surface area contributed by atoms with Crippen molar-refractivity contribution in [3.8, 4) is 22.6 Å². The zero-order valence-corrected chi connectivity index (χ0v) is 13.6. The van der Waals surface area contributed by atoms with Crippen LogP contribution in [0.5, 0.6) is 11.5 Å². The van der Waals surface area contributed by atoms with Crippen LogP contribution in [0, 0.1) is 27.7 Å². The first-order chi connectivity index (χ1) is 10.3. The van der Waals surface area contributed by atoms with Crippen molar-refractivity contribution in [3.63, 3.8) is 0 Å². The minimum atomic E-state index is 0.272. The molecule has 2 rings (SSSR count). The van der Waals surface area contributed by atoms with Gasteiger partial charge in [-0.15, -0.1) is 0 Å². The molecular formula is C20H22O2. The van der Waals surface area contributed by atoms with Gasteiger partial charge in [0.2, 0.25) is 0 Å². The zero-order chi connectivity index (χ0) is 16.6. The highest BCUT2D eigenvalue weighted by atomic mass is 16.3. The Morgan fingerprint density at radius 3 is 1.27 bits per heavy atom. The Labute approximate surface area is 132 Å². The Kier molecular flexibility index (Phi) is 4.14. The molecule has 0 aliphatic heterocycles. The molecule has 0 aromatic heterocycles. The first-order valence-electron chi connectivity index (χ1n) is 7.25. The van der Waals surface area contributed by atoms with Crippen LogP contribution in [-0.2, 0) is 0 Å². The Bertz CT molecular complexity index is 716. The van der Waals surface area contributed by atoms with Gasteiger partial charge in [0.1, 0.15) is 11.5 Å². The van der Waals surface area contributed by atoms with Crippen LogP contribution in [0.25, 0.3) is 23.3 Å². The van der Waals surface area contributed by atoms with Crippen molar-refractivity contribution in [2.75, 3.05) is 0 Å². The third-order valence-electron chi connectivity index (χ3n) is 4.52. The first kappa shape index (κ1) is 15.9. The Balaban J connectivity index is 2.88. The van der Waals surface area contributed by atoms with Crippen molar-refractivity contribution >= 4 is 12.2 Å². The van der Waals surface area contributed by atoms with Crippen molar-refractivity contribution < 1.29 is 10.2 Å². The highest BCUT2D eigenvalue weighted by Gasteiger charge is 2.16. The van der Waals surface area contributed by atoms with E-state index in [4.69, 9.17) is 0 Å². The standard InChI is InChI=1S/C20H22O2/c1-7-15-9-17(11(3)13(5)19(15)21)18-10-16(8-2)20(22)14(6)12(18)4/h7-10,21-22H,1-2H2,3-6H3. The Morgan fingerprint density at radius 2 is 1.00 bits per heavy atom. The van der Waals surface area contributed by atoms with Crippen molar-refractivity contribution in [2.45, 2.75) is 27.7 Å². The van der Waals surface area contributed by atoms with Crippen molar-refractivity contribution in [1.82, 2.24) is 0 Å². The van der Waals surface area contributed by atoms with Crippen LogP contribution in [-0.4, -0.2) is 10.2 Å². The molecule has 0 saturated heterocycles. The SMILES string of the molecule is C=Cc1cc(-c2cc(C=C)c(O)c(C)c2C)c(C)c(C)c1O. The molecule has 0 bridgehead atoms. The maximum Gasteiger partial charge on any atom is 0.125 e. The highest BCUT2D eigenvalue weighted by Crippen LogP contribution is 2.39. The molecule has 2 N–H and O–H groups in total. The van der Waals surface area contributed by atoms with Gasteiger partial charge < -0.3 is 10.2 Å². The molecular weight excluding hydrogens is 272 g/mol. The predicted octanol–water partition coefficient (Wildman–Crippen LogP) is 5.28. The number of phenols is 2. The van der Waals surface area contributed by atoms with E-state index in [1.807, 2.05) is 39.8 Å². The summed E-state index contributed by atoms with van der Waals surface area (Å²) in [6.07, 6.45) is 3.31. The number of aromatic hydroxyl groups is 2. The van der Waals surface area contributed by atoms with Gasteiger partial charge in [-0.1, -0.05) is 25.3 Å². The van der Waals surface area contributed by atoms with E-state index in [1.165, 1.54) is 0 Å². The predicted molar refractivity (Wildman–Crippen MR) is 94.3 cm³/mol. The molecule has 2 nitrogen and oxygen atoms in total. The number of phenolic OH excluding ortho intramolecular Hbond substituents is 2. The van der Waals surface area contributed by atoms with E-state index >= 15 is 0 Å². The lowest BCUT2D eigenvalue weighted by Gasteiger charge is -2.18. The van der Waals surface area contributed by atoms with Crippen molar-refractivity contribution in [2.24, 2.45) is 0 Å². The second-order valence-electron chi connectivity index (χ2n) is 5.63. The minimum absolute atomic E-state index is 0.272. The normalized spacial score (nSPS) is 10.5. The van der Waals surface area contributed by atoms with E-state index in [-0.39, 0.29) is 11.5 Å². The quantitative estimate of drug-likeness (QED) is 0.808. The van der Waals surface area contributed by atoms with Crippen LogP contribution in [0.15, 0.2) is 25.3 Å². The molecule has 22 heavy (non-hydrogen) atoms. The summed E-state index contributed by atoms with van der Waals surface area (Å²) in [6.45, 7) is 15.3. The summed E-state index contributed by atoms with van der Waals surface area (Å²) >= 11 is 0. The molecule has 0 radical (unpaired) electrons. The second kappa shape index (κ2) is 5.72. The monoisotopic (exact) mass is 294 g/mol. The smallest absolute Gasteiger partial charge is 0.125 e. The molecule has 0 amide bonds. The van der Waals surface area contributed by atoms with Gasteiger partial charge in [0.25, 0.3) is 0 Å². The van der Waals surface area contributed by atoms with E-state index < -0.39 is 0 Å². The molecule has 0 unspecified atom stereocenters. The number of hydrogen-bond acceptors (Lipinski definition) is 2. The largest absolute Gasteiger partial charge is 0.507 e. The average molecular weight is 294 g/mol. The van der Waals surface area contributed by atoms with Gasteiger partial charge >= 0.3 is 0 Å². The van der Waals surface area contributed by atoms with E-state index in [2.05, 4.69) is 13.2 Å². The highest BCUT2D eigenvalue weighted by molar-refractivity contribution is 5.81. The van der Waals surface area contributed by atoms with Crippen LogP contribution >= 0.6 is 0 Å². The van der Waals surface area contributed by atoms with Crippen molar-refractivity contribution in [3.05, 3.63) is 58.7 Å². The lowest BCUT2D eigenvalue weighted by Crippen LogP contribution is -1.96. The molecule has 2 aromatic rings. The fraction of sp³-hybridized carbons (Fsp3) is 0.200. The fourth-order valence-corrected chi connectivity index (χ4v) is 2.73. The second-order valence-corrected chi connectivity index (χ2v) is 5.63. The van der Waals surface area contributed by atoms with Crippen LogP contribution < -0.4 is 0 Å². The summed E-state index contributed by atoms with van der Waals surface area (Å²) in [5, 5.41) is 20.4. The molecule has 2 aromatic carbocycles. The lowest BCUT2D eigenvalue weighted by atomic mass is 9.88. The number of benzene rings is 2. The number of rotatable bonds is 3. The van der Waals surface area contributed by atoms with Crippen LogP contribution in [0.2, 0.25) is 0 Å². The molecule has 0 saturated carbocycles. The van der Waals surface area contributed by atoms with Crippen LogP contribution in [0.3, 0.4) is 0 Å². The van der Waals surface area contributed by atoms with Crippen molar-refractivity contribution in [1.29, 1.82) is 0 Å². The van der Waals surface area contributed by atoms with Crippen LogP contribution in [0.4, 0.5) is 0 Å². The molecule has 0 fully saturated rings. The van der Waals surface area contributed by atoms with E-state index in [9.17, 15) is 10.2 Å². The summed E-state index contributed by atoms with van der Waals surface area (Å²) in [6, 6.07) is 3.88. The summed E-state index contributed by atoms with van der Waals surface area (Å²) < 4.78 is 0. The van der Waals surface area contributed by atoms with Crippen LogP contribution in [0.1, 0.15) is 33.4 Å². The molecule has 0 spiro atoms. The topological polar surface area (TPSA) is 40.5 Å². The van der Waals surface area contributed by atoms with E-state index in [0.717, 1.165) is 33.4 Å². The minimum Gasteiger partial charge on any atom is -0.507 e. The maximum atomic E-state index is 10.2. The fourth-order valence-electron chi connectivity index (χ4n) is 2.73. The molecule has 0 heterocycles. The molecule has 0 aliphatic rings. The summed E-state index contributed by atoms with van der Waals surface area (Å²) in [4.78, 5) is 0. The van der Waals surface area contributed by atoms with Gasteiger partial charge in [-0.25, -0.2) is 0 Å². The van der Waals surface area contributed by atoms with Gasteiger partial charge in [0.15, 0.2) is 0 Å².